The number of furan rings is 2. The number of hydrogen-bond acceptors (Lipinski definition) is 2. The summed E-state index contributed by atoms with van der Waals surface area (Å²) in [6.07, 6.45) is 0.974. The molecule has 0 fully saturated rings. The average molecular weight is 433 g/mol. The van der Waals surface area contributed by atoms with E-state index in [1.165, 1.54) is 38.2 Å². The molecule has 0 saturated heterocycles. The Labute approximate surface area is 193 Å². The van der Waals surface area contributed by atoms with Crippen LogP contribution in [-0.4, -0.2) is 0 Å². The molecule has 1 atom stereocenters. The predicted octanol–water partition coefficient (Wildman–Crippen LogP) is 9.13. The summed E-state index contributed by atoms with van der Waals surface area (Å²) in [4.78, 5) is 0. The van der Waals surface area contributed by atoms with Gasteiger partial charge in [-0.05, 0) is 70.8 Å². The van der Waals surface area contributed by atoms with Gasteiger partial charge in [0, 0.05) is 21.5 Å². The molecular weight excluding hydrogens is 404 g/mol. The molecule has 0 aliphatic rings. The standard InChI is InChI=1S/C31H28O2/c1-19(21-13-15-27-23(18-21)22-8-5-6-10-26(22)32-27)16-20-12-14-28-24(17-20)30-25(31(2,3)4)9-7-11-29(30)33-28/h5-15,17-19H,16H2,1-4H3. The minimum Gasteiger partial charge on any atom is -0.456 e. The van der Waals surface area contributed by atoms with Gasteiger partial charge in [-0.15, -0.1) is 0 Å². The van der Waals surface area contributed by atoms with Gasteiger partial charge >= 0.3 is 0 Å². The molecule has 6 aromatic rings. The Bertz CT molecular complexity index is 1640. The third-order valence-corrected chi connectivity index (χ3v) is 6.88. The topological polar surface area (TPSA) is 26.3 Å². The minimum atomic E-state index is 0.0579. The second kappa shape index (κ2) is 7.25. The normalized spacial score (nSPS) is 13.5. The summed E-state index contributed by atoms with van der Waals surface area (Å²) in [7, 11) is 0. The lowest BCUT2D eigenvalue weighted by Crippen LogP contribution is -2.11. The smallest absolute Gasteiger partial charge is 0.135 e. The molecule has 2 heterocycles. The Kier molecular flexibility index (Phi) is 4.42. The molecule has 4 aromatic carbocycles. The highest BCUT2D eigenvalue weighted by Crippen LogP contribution is 2.38. The van der Waals surface area contributed by atoms with Crippen LogP contribution in [0.4, 0.5) is 0 Å². The fourth-order valence-corrected chi connectivity index (χ4v) is 5.15. The first-order chi connectivity index (χ1) is 15.9. The second-order valence-electron chi connectivity index (χ2n) is 10.3. The molecule has 2 aromatic heterocycles. The molecule has 0 radical (unpaired) electrons. The van der Waals surface area contributed by atoms with E-state index in [1.54, 1.807) is 0 Å². The zero-order valence-electron chi connectivity index (χ0n) is 19.6. The second-order valence-corrected chi connectivity index (χ2v) is 10.3. The van der Waals surface area contributed by atoms with E-state index in [4.69, 9.17) is 8.83 Å². The van der Waals surface area contributed by atoms with E-state index in [9.17, 15) is 0 Å². The fraction of sp³-hybridized carbons (Fsp3) is 0.226. The van der Waals surface area contributed by atoms with Crippen LogP contribution < -0.4 is 0 Å². The van der Waals surface area contributed by atoms with Crippen molar-refractivity contribution >= 4 is 43.9 Å². The van der Waals surface area contributed by atoms with Gasteiger partial charge in [0.25, 0.3) is 0 Å². The van der Waals surface area contributed by atoms with Gasteiger partial charge in [-0.25, -0.2) is 0 Å². The molecule has 0 saturated carbocycles. The molecule has 164 valence electrons. The highest BCUT2D eigenvalue weighted by molar-refractivity contribution is 6.07. The van der Waals surface area contributed by atoms with E-state index >= 15 is 0 Å². The van der Waals surface area contributed by atoms with E-state index in [2.05, 4.69) is 94.4 Å². The highest BCUT2D eigenvalue weighted by Gasteiger charge is 2.21. The van der Waals surface area contributed by atoms with Gasteiger partial charge in [-0.2, -0.15) is 0 Å². The van der Waals surface area contributed by atoms with Crippen LogP contribution in [0.5, 0.6) is 0 Å². The third kappa shape index (κ3) is 3.33. The van der Waals surface area contributed by atoms with Crippen molar-refractivity contribution in [2.45, 2.75) is 45.4 Å². The van der Waals surface area contributed by atoms with Crippen LogP contribution in [-0.2, 0) is 11.8 Å². The monoisotopic (exact) mass is 432 g/mol. The Balaban J connectivity index is 1.40. The molecule has 2 nitrogen and oxygen atoms in total. The van der Waals surface area contributed by atoms with E-state index in [0.29, 0.717) is 5.92 Å². The van der Waals surface area contributed by atoms with E-state index in [-0.39, 0.29) is 5.41 Å². The Hall–Kier alpha value is -3.52. The van der Waals surface area contributed by atoms with E-state index in [0.717, 1.165) is 28.8 Å². The molecular formula is C31H28O2. The Morgan fingerprint density at radius 3 is 2.21 bits per heavy atom. The van der Waals surface area contributed by atoms with Crippen LogP contribution >= 0.6 is 0 Å². The van der Waals surface area contributed by atoms with Crippen molar-refractivity contribution in [1.82, 2.24) is 0 Å². The summed E-state index contributed by atoms with van der Waals surface area (Å²) in [6, 6.07) is 28.0. The van der Waals surface area contributed by atoms with Crippen molar-refractivity contribution in [3.8, 4) is 0 Å². The molecule has 0 aliphatic carbocycles. The molecule has 1 unspecified atom stereocenters. The van der Waals surface area contributed by atoms with Crippen LogP contribution in [0.3, 0.4) is 0 Å². The average Bonchev–Trinajstić information content (AvgIpc) is 3.35. The van der Waals surface area contributed by atoms with Crippen molar-refractivity contribution in [3.05, 3.63) is 95.6 Å². The number of para-hydroxylation sites is 1. The Morgan fingerprint density at radius 1 is 0.667 bits per heavy atom. The molecule has 33 heavy (non-hydrogen) atoms. The number of benzene rings is 4. The quantitative estimate of drug-likeness (QED) is 0.279. The first-order valence-electron chi connectivity index (χ1n) is 11.7. The third-order valence-electron chi connectivity index (χ3n) is 6.88. The summed E-state index contributed by atoms with van der Waals surface area (Å²) in [6.45, 7) is 9.11. The first-order valence-corrected chi connectivity index (χ1v) is 11.7. The van der Waals surface area contributed by atoms with Crippen LogP contribution in [0.25, 0.3) is 43.9 Å². The molecule has 0 amide bonds. The summed E-state index contributed by atoms with van der Waals surface area (Å²) in [5, 5.41) is 4.85. The van der Waals surface area contributed by atoms with Gasteiger partial charge in [-0.1, -0.05) is 70.2 Å². The van der Waals surface area contributed by atoms with Crippen LogP contribution in [0.2, 0.25) is 0 Å². The maximum Gasteiger partial charge on any atom is 0.135 e. The molecule has 0 bridgehead atoms. The predicted molar refractivity (Wildman–Crippen MR) is 138 cm³/mol. The summed E-state index contributed by atoms with van der Waals surface area (Å²) >= 11 is 0. The van der Waals surface area contributed by atoms with Crippen molar-refractivity contribution in [2.24, 2.45) is 0 Å². The zero-order chi connectivity index (χ0) is 22.7. The maximum absolute atomic E-state index is 6.20. The summed E-state index contributed by atoms with van der Waals surface area (Å²) in [5.74, 6) is 0.390. The molecule has 6 rings (SSSR count). The van der Waals surface area contributed by atoms with Crippen LogP contribution in [0.15, 0.2) is 87.7 Å². The summed E-state index contributed by atoms with van der Waals surface area (Å²) < 4.78 is 12.2. The van der Waals surface area contributed by atoms with Gasteiger partial charge in [0.15, 0.2) is 0 Å². The van der Waals surface area contributed by atoms with Gasteiger partial charge in [0.05, 0.1) is 0 Å². The molecule has 0 spiro atoms. The van der Waals surface area contributed by atoms with E-state index in [1.807, 2.05) is 12.1 Å². The molecule has 0 N–H and O–H groups in total. The number of hydrogen-bond donors (Lipinski definition) is 0. The first kappa shape index (κ1) is 20.1. The lowest BCUT2D eigenvalue weighted by atomic mass is 9.84. The zero-order valence-corrected chi connectivity index (χ0v) is 19.6. The SMILES string of the molecule is CC(Cc1ccc2oc3cccc(C(C)(C)C)c3c2c1)c1ccc2oc3ccccc3c2c1. The highest BCUT2D eigenvalue weighted by atomic mass is 16.3. The van der Waals surface area contributed by atoms with Crippen LogP contribution in [0, 0.1) is 0 Å². The van der Waals surface area contributed by atoms with E-state index < -0.39 is 0 Å². The number of fused-ring (bicyclic) bond motifs is 6. The van der Waals surface area contributed by atoms with Crippen molar-refractivity contribution in [3.63, 3.8) is 0 Å². The largest absolute Gasteiger partial charge is 0.456 e. The van der Waals surface area contributed by atoms with Gasteiger partial charge in [0.1, 0.15) is 22.3 Å². The lowest BCUT2D eigenvalue weighted by molar-refractivity contribution is 0.594. The van der Waals surface area contributed by atoms with Gasteiger partial charge in [0.2, 0.25) is 0 Å². The summed E-state index contributed by atoms with van der Waals surface area (Å²) in [5.41, 5.74) is 7.89. The molecule has 2 heteroatoms. The minimum absolute atomic E-state index is 0.0579. The van der Waals surface area contributed by atoms with Crippen LogP contribution in [0.1, 0.15) is 50.3 Å². The van der Waals surface area contributed by atoms with Gasteiger partial charge < -0.3 is 8.83 Å². The lowest BCUT2D eigenvalue weighted by Gasteiger charge is -2.20. The Morgan fingerprint density at radius 2 is 1.36 bits per heavy atom. The van der Waals surface area contributed by atoms with Crippen molar-refractivity contribution in [2.75, 3.05) is 0 Å². The fourth-order valence-electron chi connectivity index (χ4n) is 5.15. The van der Waals surface area contributed by atoms with Gasteiger partial charge in [-0.3, -0.25) is 0 Å². The van der Waals surface area contributed by atoms with Crippen molar-refractivity contribution in [1.29, 1.82) is 0 Å². The maximum atomic E-state index is 6.20. The molecule has 0 aliphatic heterocycles. The van der Waals surface area contributed by atoms with Crippen molar-refractivity contribution < 1.29 is 8.83 Å². The number of rotatable bonds is 3.